The van der Waals surface area contributed by atoms with Gasteiger partial charge in [-0.25, -0.2) is 0 Å². The molecule has 0 saturated heterocycles. The summed E-state index contributed by atoms with van der Waals surface area (Å²) in [6.45, 7) is 2.15. The predicted octanol–water partition coefficient (Wildman–Crippen LogP) is 4.24. The normalized spacial score (nSPS) is 46.5. The van der Waals surface area contributed by atoms with Gasteiger partial charge >= 0.3 is 0 Å². The first-order valence-electron chi connectivity index (χ1n) is 7.03. The van der Waals surface area contributed by atoms with Gasteiger partial charge in [0.25, 0.3) is 0 Å². The molecule has 0 spiro atoms. The molecule has 0 heterocycles. The van der Waals surface area contributed by atoms with Gasteiger partial charge < -0.3 is 0 Å². The Kier molecular flexibility index (Phi) is 2.74. The number of rotatable bonds is 3. The number of thioether (sulfide) groups is 1. The molecule has 4 fully saturated rings. The lowest BCUT2D eigenvalue weighted by Gasteiger charge is -2.58. The van der Waals surface area contributed by atoms with Crippen LogP contribution in [0.5, 0.6) is 0 Å². The molecule has 0 aliphatic heterocycles. The van der Waals surface area contributed by atoms with Crippen molar-refractivity contribution in [3.05, 3.63) is 0 Å². The lowest BCUT2D eigenvalue weighted by atomic mass is 9.48. The molecule has 0 aromatic rings. The van der Waals surface area contributed by atoms with Crippen LogP contribution in [0.15, 0.2) is 0 Å². The van der Waals surface area contributed by atoms with Gasteiger partial charge in [-0.2, -0.15) is 5.26 Å². The Morgan fingerprint density at radius 1 is 1.18 bits per heavy atom. The highest BCUT2D eigenvalue weighted by molar-refractivity contribution is 8.00. The van der Waals surface area contributed by atoms with Gasteiger partial charge in [0, 0.05) is 0 Å². The number of nitriles is 1. The zero-order chi connectivity index (χ0) is 12.1. The van der Waals surface area contributed by atoms with E-state index >= 15 is 0 Å². The maximum Gasteiger partial charge on any atom is 0.0998 e. The Balaban J connectivity index is 1.81. The van der Waals surface area contributed by atoms with Crippen LogP contribution in [0.3, 0.4) is 0 Å². The molecule has 4 saturated carbocycles. The van der Waals surface area contributed by atoms with E-state index in [2.05, 4.69) is 19.2 Å². The van der Waals surface area contributed by atoms with Crippen molar-refractivity contribution in [1.29, 1.82) is 5.26 Å². The number of hydrogen-bond acceptors (Lipinski definition) is 2. The zero-order valence-corrected chi connectivity index (χ0v) is 11.9. The fourth-order valence-electron chi connectivity index (χ4n) is 5.38. The first kappa shape index (κ1) is 11.9. The quantitative estimate of drug-likeness (QED) is 0.747. The predicted molar refractivity (Wildman–Crippen MR) is 72.8 cm³/mol. The molecule has 4 aliphatic rings. The van der Waals surface area contributed by atoms with Crippen LogP contribution in [0.1, 0.15) is 51.9 Å². The summed E-state index contributed by atoms with van der Waals surface area (Å²) >= 11 is 1.76. The third kappa shape index (κ3) is 2.01. The summed E-state index contributed by atoms with van der Waals surface area (Å²) in [5.74, 6) is 3.02. The SMILES string of the molecule is CSC(C)(C#N)CC12CC3CC(CC(C3)C1)C2. The summed E-state index contributed by atoms with van der Waals surface area (Å²) in [5.41, 5.74) is 0.544. The molecule has 0 amide bonds. The van der Waals surface area contributed by atoms with Gasteiger partial charge in [-0.3, -0.25) is 0 Å². The summed E-state index contributed by atoms with van der Waals surface area (Å²) < 4.78 is -0.147. The van der Waals surface area contributed by atoms with Crippen LogP contribution < -0.4 is 0 Å². The fraction of sp³-hybridized carbons (Fsp3) is 0.933. The van der Waals surface area contributed by atoms with Crippen molar-refractivity contribution < 1.29 is 0 Å². The standard InChI is InChI=1S/C15H23NS/c1-14(10-16,17-2)9-15-6-11-3-12(7-15)5-13(4-11)8-15/h11-13H,3-9H2,1-2H3. The first-order valence-corrected chi connectivity index (χ1v) is 8.25. The van der Waals surface area contributed by atoms with E-state index in [9.17, 15) is 5.26 Å². The molecule has 1 nitrogen and oxygen atoms in total. The Morgan fingerprint density at radius 3 is 2.00 bits per heavy atom. The smallest absolute Gasteiger partial charge is 0.0998 e. The van der Waals surface area contributed by atoms with Crippen molar-refractivity contribution in [2.24, 2.45) is 23.2 Å². The van der Waals surface area contributed by atoms with Crippen molar-refractivity contribution >= 4 is 11.8 Å². The molecule has 4 bridgehead atoms. The van der Waals surface area contributed by atoms with Crippen molar-refractivity contribution in [3.63, 3.8) is 0 Å². The molecule has 4 aliphatic carbocycles. The summed E-state index contributed by atoms with van der Waals surface area (Å²) in [6, 6.07) is 2.57. The molecular weight excluding hydrogens is 226 g/mol. The molecular formula is C15H23NS. The first-order chi connectivity index (χ1) is 8.06. The molecule has 17 heavy (non-hydrogen) atoms. The highest BCUT2D eigenvalue weighted by atomic mass is 32.2. The van der Waals surface area contributed by atoms with E-state index < -0.39 is 0 Å². The van der Waals surface area contributed by atoms with E-state index in [0.29, 0.717) is 5.41 Å². The molecule has 0 N–H and O–H groups in total. The van der Waals surface area contributed by atoms with Crippen LogP contribution in [-0.2, 0) is 0 Å². The lowest BCUT2D eigenvalue weighted by molar-refractivity contribution is -0.0592. The van der Waals surface area contributed by atoms with Gasteiger partial charge in [-0.1, -0.05) is 0 Å². The molecule has 4 rings (SSSR count). The topological polar surface area (TPSA) is 23.8 Å². The van der Waals surface area contributed by atoms with Crippen molar-refractivity contribution in [3.8, 4) is 6.07 Å². The monoisotopic (exact) mass is 249 g/mol. The zero-order valence-electron chi connectivity index (χ0n) is 11.0. The average Bonchev–Trinajstić information content (AvgIpc) is 2.26. The van der Waals surface area contributed by atoms with Crippen LogP contribution >= 0.6 is 11.8 Å². The van der Waals surface area contributed by atoms with Gasteiger partial charge in [-0.05, 0) is 81.3 Å². The second-order valence-electron chi connectivity index (χ2n) is 7.14. The molecule has 2 heteroatoms. The van der Waals surface area contributed by atoms with Crippen molar-refractivity contribution in [2.75, 3.05) is 6.26 Å². The third-order valence-electron chi connectivity index (χ3n) is 5.56. The Hall–Kier alpha value is -0.160. The van der Waals surface area contributed by atoms with Gasteiger partial charge in [0.2, 0.25) is 0 Å². The summed E-state index contributed by atoms with van der Waals surface area (Å²) in [7, 11) is 0. The van der Waals surface area contributed by atoms with Crippen LogP contribution in [0.25, 0.3) is 0 Å². The summed E-state index contributed by atoms with van der Waals surface area (Å²) in [6.07, 6.45) is 12.0. The average molecular weight is 249 g/mol. The van der Waals surface area contributed by atoms with Gasteiger partial charge in [0.1, 0.15) is 0 Å². The molecule has 1 unspecified atom stereocenters. The summed E-state index contributed by atoms with van der Waals surface area (Å²) in [4.78, 5) is 0. The van der Waals surface area contributed by atoms with E-state index in [1.807, 2.05) is 0 Å². The highest BCUT2D eigenvalue weighted by Crippen LogP contribution is 2.62. The van der Waals surface area contributed by atoms with E-state index in [1.54, 1.807) is 11.8 Å². The number of hydrogen-bond donors (Lipinski definition) is 0. The molecule has 0 aromatic carbocycles. The maximum absolute atomic E-state index is 9.42. The Morgan fingerprint density at radius 2 is 1.65 bits per heavy atom. The molecule has 94 valence electrons. The third-order valence-corrected chi connectivity index (χ3v) is 6.70. The van der Waals surface area contributed by atoms with E-state index in [0.717, 1.165) is 24.2 Å². The van der Waals surface area contributed by atoms with Gasteiger partial charge in [0.15, 0.2) is 0 Å². The summed E-state index contributed by atoms with van der Waals surface area (Å²) in [5, 5.41) is 9.42. The minimum atomic E-state index is -0.147. The van der Waals surface area contributed by atoms with E-state index in [4.69, 9.17) is 0 Å². The van der Waals surface area contributed by atoms with Gasteiger partial charge in [0.05, 0.1) is 10.8 Å². The van der Waals surface area contributed by atoms with E-state index in [1.165, 1.54) is 38.5 Å². The highest BCUT2D eigenvalue weighted by Gasteiger charge is 2.52. The molecule has 0 radical (unpaired) electrons. The molecule has 0 aromatic heterocycles. The Bertz CT molecular complexity index is 321. The van der Waals surface area contributed by atoms with Crippen molar-refractivity contribution in [1.82, 2.24) is 0 Å². The van der Waals surface area contributed by atoms with Crippen LogP contribution in [0, 0.1) is 34.5 Å². The van der Waals surface area contributed by atoms with Crippen molar-refractivity contribution in [2.45, 2.75) is 56.6 Å². The van der Waals surface area contributed by atoms with E-state index in [-0.39, 0.29) is 4.75 Å². The minimum absolute atomic E-state index is 0.147. The largest absolute Gasteiger partial charge is 0.197 e. The lowest BCUT2D eigenvalue weighted by Crippen LogP contribution is -2.48. The maximum atomic E-state index is 9.42. The fourth-order valence-corrected chi connectivity index (χ4v) is 5.92. The number of nitrogens with zero attached hydrogens (tertiary/aromatic N) is 1. The van der Waals surface area contributed by atoms with Gasteiger partial charge in [-0.15, -0.1) is 11.8 Å². The second kappa shape index (κ2) is 3.92. The van der Waals surface area contributed by atoms with Crippen LogP contribution in [0.4, 0.5) is 0 Å². The molecule has 1 atom stereocenters. The van der Waals surface area contributed by atoms with Crippen LogP contribution in [-0.4, -0.2) is 11.0 Å². The second-order valence-corrected chi connectivity index (χ2v) is 8.45. The Labute approximate surface area is 109 Å². The minimum Gasteiger partial charge on any atom is -0.197 e. The van der Waals surface area contributed by atoms with Crippen LogP contribution in [0.2, 0.25) is 0 Å².